The average Bonchev–Trinajstić information content (AvgIpc) is 2.71. The molecule has 1 saturated heterocycles. The van der Waals surface area contributed by atoms with Crippen LogP contribution in [0.2, 0.25) is 0 Å². The van der Waals surface area contributed by atoms with Crippen molar-refractivity contribution in [3.63, 3.8) is 0 Å². The number of methoxy groups -OCH3 is 1. The van der Waals surface area contributed by atoms with Gasteiger partial charge in [0, 0.05) is 5.69 Å². The van der Waals surface area contributed by atoms with E-state index in [-0.39, 0.29) is 6.61 Å². The van der Waals surface area contributed by atoms with Gasteiger partial charge in [0.1, 0.15) is 11.9 Å². The van der Waals surface area contributed by atoms with Crippen LogP contribution in [0.3, 0.4) is 0 Å². The summed E-state index contributed by atoms with van der Waals surface area (Å²) in [7, 11) is 1.58. The van der Waals surface area contributed by atoms with Gasteiger partial charge in [-0.15, -0.1) is 0 Å². The Bertz CT molecular complexity index is 376. The SMILES string of the molecule is COc1ccc(N2C[C@@H](CO)OC2=O)cc1. The van der Waals surface area contributed by atoms with Crippen LogP contribution in [0.25, 0.3) is 0 Å². The zero-order valence-corrected chi connectivity index (χ0v) is 8.92. The Morgan fingerprint density at radius 1 is 1.50 bits per heavy atom. The van der Waals surface area contributed by atoms with E-state index in [1.807, 2.05) is 0 Å². The van der Waals surface area contributed by atoms with E-state index in [1.165, 1.54) is 4.90 Å². The minimum absolute atomic E-state index is 0.154. The second kappa shape index (κ2) is 4.40. The monoisotopic (exact) mass is 223 g/mol. The van der Waals surface area contributed by atoms with Crippen molar-refractivity contribution in [3.8, 4) is 5.75 Å². The van der Waals surface area contributed by atoms with Crippen LogP contribution in [0.1, 0.15) is 0 Å². The quantitative estimate of drug-likeness (QED) is 0.830. The van der Waals surface area contributed by atoms with E-state index >= 15 is 0 Å². The molecule has 1 aliphatic rings. The molecule has 1 fully saturated rings. The first-order valence-electron chi connectivity index (χ1n) is 4.97. The van der Waals surface area contributed by atoms with E-state index < -0.39 is 12.2 Å². The van der Waals surface area contributed by atoms with Crippen molar-refractivity contribution in [2.45, 2.75) is 6.10 Å². The van der Waals surface area contributed by atoms with Gasteiger partial charge in [0.25, 0.3) is 0 Å². The van der Waals surface area contributed by atoms with E-state index in [1.54, 1.807) is 31.4 Å². The van der Waals surface area contributed by atoms with Gasteiger partial charge in [-0.2, -0.15) is 0 Å². The fourth-order valence-corrected chi connectivity index (χ4v) is 1.59. The highest BCUT2D eigenvalue weighted by Crippen LogP contribution is 2.23. The topological polar surface area (TPSA) is 59.0 Å². The Kier molecular flexibility index (Phi) is 2.96. The summed E-state index contributed by atoms with van der Waals surface area (Å²) in [6.07, 6.45) is -0.862. The lowest BCUT2D eigenvalue weighted by Gasteiger charge is -2.12. The highest BCUT2D eigenvalue weighted by molar-refractivity contribution is 5.89. The number of hydrogen-bond acceptors (Lipinski definition) is 4. The Hall–Kier alpha value is -1.75. The van der Waals surface area contributed by atoms with Crippen molar-refractivity contribution >= 4 is 11.8 Å². The number of cyclic esters (lactones) is 1. The van der Waals surface area contributed by atoms with Crippen LogP contribution in [-0.2, 0) is 4.74 Å². The summed E-state index contributed by atoms with van der Waals surface area (Å²) in [6.45, 7) is 0.222. The molecular formula is C11H13NO4. The van der Waals surface area contributed by atoms with Crippen LogP contribution in [0.15, 0.2) is 24.3 Å². The van der Waals surface area contributed by atoms with Crippen LogP contribution < -0.4 is 9.64 Å². The van der Waals surface area contributed by atoms with E-state index in [0.717, 1.165) is 11.4 Å². The molecule has 1 aliphatic heterocycles. The Balaban J connectivity index is 2.15. The van der Waals surface area contributed by atoms with Gasteiger partial charge in [-0.1, -0.05) is 0 Å². The highest BCUT2D eigenvalue weighted by Gasteiger charge is 2.31. The number of rotatable bonds is 3. The minimum atomic E-state index is -0.436. The summed E-state index contributed by atoms with van der Waals surface area (Å²) in [5, 5.41) is 8.91. The number of hydrogen-bond donors (Lipinski definition) is 1. The molecule has 0 unspecified atom stereocenters. The summed E-state index contributed by atoms with van der Waals surface area (Å²) in [5.41, 5.74) is 0.738. The number of amides is 1. The predicted molar refractivity (Wildman–Crippen MR) is 57.7 cm³/mol. The Morgan fingerprint density at radius 3 is 2.69 bits per heavy atom. The second-order valence-corrected chi connectivity index (χ2v) is 3.50. The molecule has 5 heteroatoms. The Morgan fingerprint density at radius 2 is 2.19 bits per heavy atom. The van der Waals surface area contributed by atoms with Crippen molar-refractivity contribution in [1.82, 2.24) is 0 Å². The first-order valence-corrected chi connectivity index (χ1v) is 4.97. The fraction of sp³-hybridized carbons (Fsp3) is 0.364. The summed E-state index contributed by atoms with van der Waals surface area (Å²) in [5.74, 6) is 0.732. The number of carbonyl (C=O) groups is 1. The number of aliphatic hydroxyl groups excluding tert-OH is 1. The van der Waals surface area contributed by atoms with Gasteiger partial charge >= 0.3 is 6.09 Å². The third-order valence-corrected chi connectivity index (χ3v) is 2.46. The van der Waals surface area contributed by atoms with Crippen molar-refractivity contribution in [1.29, 1.82) is 0 Å². The van der Waals surface area contributed by atoms with Crippen molar-refractivity contribution in [3.05, 3.63) is 24.3 Å². The fourth-order valence-electron chi connectivity index (χ4n) is 1.59. The molecule has 1 heterocycles. The van der Waals surface area contributed by atoms with Crippen LogP contribution in [0.4, 0.5) is 10.5 Å². The minimum Gasteiger partial charge on any atom is -0.497 e. The maximum atomic E-state index is 11.5. The predicted octanol–water partition coefficient (Wildman–Crippen LogP) is 1.01. The van der Waals surface area contributed by atoms with Crippen LogP contribution >= 0.6 is 0 Å². The number of carbonyl (C=O) groups excluding carboxylic acids is 1. The van der Waals surface area contributed by atoms with E-state index in [9.17, 15) is 4.79 Å². The normalized spacial score (nSPS) is 19.8. The molecule has 1 N–H and O–H groups in total. The average molecular weight is 223 g/mol. The number of ether oxygens (including phenoxy) is 2. The van der Waals surface area contributed by atoms with Gasteiger partial charge in [-0.25, -0.2) is 4.79 Å². The summed E-state index contributed by atoms with van der Waals surface area (Å²) >= 11 is 0. The highest BCUT2D eigenvalue weighted by atomic mass is 16.6. The van der Waals surface area contributed by atoms with Crippen LogP contribution in [-0.4, -0.2) is 37.6 Å². The van der Waals surface area contributed by atoms with Gasteiger partial charge < -0.3 is 14.6 Å². The largest absolute Gasteiger partial charge is 0.497 e. The maximum Gasteiger partial charge on any atom is 0.414 e. The molecule has 0 radical (unpaired) electrons. The lowest BCUT2D eigenvalue weighted by atomic mass is 10.2. The summed E-state index contributed by atoms with van der Waals surface area (Å²) in [6, 6.07) is 7.10. The van der Waals surface area contributed by atoms with Gasteiger partial charge in [0.05, 0.1) is 20.3 Å². The molecule has 0 aliphatic carbocycles. The molecule has 2 rings (SSSR count). The third kappa shape index (κ3) is 1.94. The van der Waals surface area contributed by atoms with Crippen LogP contribution in [0, 0.1) is 0 Å². The number of nitrogens with zero attached hydrogens (tertiary/aromatic N) is 1. The molecule has 5 nitrogen and oxygen atoms in total. The smallest absolute Gasteiger partial charge is 0.414 e. The zero-order chi connectivity index (χ0) is 11.5. The molecule has 1 amide bonds. The van der Waals surface area contributed by atoms with E-state index in [2.05, 4.69) is 0 Å². The number of aliphatic hydroxyl groups is 1. The van der Waals surface area contributed by atoms with Crippen LogP contribution in [0.5, 0.6) is 5.75 Å². The number of benzene rings is 1. The van der Waals surface area contributed by atoms with E-state index in [0.29, 0.717) is 6.54 Å². The lowest BCUT2D eigenvalue weighted by Crippen LogP contribution is -2.25. The van der Waals surface area contributed by atoms with E-state index in [4.69, 9.17) is 14.6 Å². The summed E-state index contributed by atoms with van der Waals surface area (Å²) < 4.78 is 9.97. The molecule has 0 saturated carbocycles. The lowest BCUT2D eigenvalue weighted by molar-refractivity contribution is 0.0963. The third-order valence-electron chi connectivity index (χ3n) is 2.46. The Labute approximate surface area is 93.2 Å². The molecule has 0 spiro atoms. The molecule has 1 atom stereocenters. The molecule has 1 aromatic carbocycles. The molecule has 1 aromatic rings. The summed E-state index contributed by atoms with van der Waals surface area (Å²) in [4.78, 5) is 12.9. The van der Waals surface area contributed by atoms with Gasteiger partial charge in [-0.3, -0.25) is 4.90 Å². The van der Waals surface area contributed by atoms with Crippen molar-refractivity contribution < 1.29 is 19.4 Å². The van der Waals surface area contributed by atoms with Gasteiger partial charge in [0.15, 0.2) is 0 Å². The number of anilines is 1. The molecular weight excluding hydrogens is 210 g/mol. The molecule has 0 bridgehead atoms. The van der Waals surface area contributed by atoms with Gasteiger partial charge in [-0.05, 0) is 24.3 Å². The van der Waals surface area contributed by atoms with Crippen molar-refractivity contribution in [2.24, 2.45) is 0 Å². The molecule has 16 heavy (non-hydrogen) atoms. The maximum absolute atomic E-state index is 11.5. The first kappa shape index (κ1) is 10.8. The molecule has 86 valence electrons. The van der Waals surface area contributed by atoms with Crippen molar-refractivity contribution in [2.75, 3.05) is 25.2 Å². The standard InChI is InChI=1S/C11H13NO4/c1-15-9-4-2-8(3-5-9)12-6-10(7-13)16-11(12)14/h2-5,10,13H,6-7H2,1H3/t10-/m0/s1. The van der Waals surface area contributed by atoms with Gasteiger partial charge in [0.2, 0.25) is 0 Å². The molecule has 0 aromatic heterocycles. The zero-order valence-electron chi connectivity index (χ0n) is 8.92. The second-order valence-electron chi connectivity index (χ2n) is 3.50. The first-order chi connectivity index (χ1) is 7.74.